The van der Waals surface area contributed by atoms with E-state index in [0.29, 0.717) is 0 Å². The molecule has 1 saturated carbocycles. The summed E-state index contributed by atoms with van der Waals surface area (Å²) in [7, 11) is 0. The highest BCUT2D eigenvalue weighted by Gasteiger charge is 2.34. The van der Waals surface area contributed by atoms with Crippen LogP contribution in [0, 0.1) is 19.8 Å². The Morgan fingerprint density at radius 3 is 2.55 bits per heavy atom. The average Bonchev–Trinajstić information content (AvgIpc) is 3.05. The molecule has 1 amide bonds. The summed E-state index contributed by atoms with van der Waals surface area (Å²) < 4.78 is 5.64. The van der Waals surface area contributed by atoms with E-state index in [0.717, 1.165) is 69.3 Å². The Hall–Kier alpha value is -1.40. The maximum absolute atomic E-state index is 12.5. The first-order valence-electron chi connectivity index (χ1n) is 8.24. The molecule has 0 radical (unpaired) electrons. The van der Waals surface area contributed by atoms with E-state index in [1.165, 1.54) is 0 Å². The molecule has 2 heterocycles. The van der Waals surface area contributed by atoms with Crippen molar-refractivity contribution < 1.29 is 9.21 Å². The first kappa shape index (κ1) is 15.5. The van der Waals surface area contributed by atoms with Gasteiger partial charge in [0.1, 0.15) is 5.76 Å². The lowest BCUT2D eigenvalue weighted by molar-refractivity contribution is -0.137. The molecule has 122 valence electrons. The molecule has 0 unspecified atom stereocenters. The summed E-state index contributed by atoms with van der Waals surface area (Å²) in [6.07, 6.45) is 3.02. The second kappa shape index (κ2) is 6.38. The first-order chi connectivity index (χ1) is 10.5. The van der Waals surface area contributed by atoms with E-state index >= 15 is 0 Å². The lowest BCUT2D eigenvalue weighted by atomic mass is 10.0. The Morgan fingerprint density at radius 2 is 2.00 bits per heavy atom. The average molecular weight is 306 g/mol. The van der Waals surface area contributed by atoms with E-state index in [-0.39, 0.29) is 17.9 Å². The fourth-order valence-corrected chi connectivity index (χ4v) is 3.45. The van der Waals surface area contributed by atoms with E-state index in [2.05, 4.69) is 9.88 Å². The lowest BCUT2D eigenvalue weighted by Crippen LogP contribution is -2.51. The van der Waals surface area contributed by atoms with E-state index < -0.39 is 0 Å². The topological polar surface area (TPSA) is 75.6 Å². The van der Waals surface area contributed by atoms with Gasteiger partial charge in [0.25, 0.3) is 0 Å². The predicted molar refractivity (Wildman–Crippen MR) is 83.2 cm³/mol. The van der Waals surface area contributed by atoms with Gasteiger partial charge in [0.05, 0.1) is 18.2 Å². The maximum atomic E-state index is 12.5. The Balaban J connectivity index is 1.50. The number of aryl methyl sites for hydroxylation is 2. The number of aromatic nitrogens is 1. The molecule has 1 saturated heterocycles. The SMILES string of the molecule is Cc1nc(CN2CCN(C(=O)[C@@H]3CCC[C@@H]3N)CC2)oc1C. The zero-order valence-electron chi connectivity index (χ0n) is 13.5. The molecular weight excluding hydrogens is 280 g/mol. The smallest absolute Gasteiger partial charge is 0.227 e. The molecule has 22 heavy (non-hydrogen) atoms. The number of carbonyl (C=O) groups is 1. The first-order valence-corrected chi connectivity index (χ1v) is 8.24. The third kappa shape index (κ3) is 3.17. The van der Waals surface area contributed by atoms with Crippen LogP contribution in [0.4, 0.5) is 0 Å². The summed E-state index contributed by atoms with van der Waals surface area (Å²) in [4.78, 5) is 21.2. The van der Waals surface area contributed by atoms with E-state index in [1.54, 1.807) is 0 Å². The zero-order valence-corrected chi connectivity index (χ0v) is 13.5. The number of rotatable bonds is 3. The normalized spacial score (nSPS) is 26.6. The Morgan fingerprint density at radius 1 is 1.27 bits per heavy atom. The van der Waals surface area contributed by atoms with Crippen molar-refractivity contribution in [2.45, 2.75) is 45.7 Å². The fourth-order valence-electron chi connectivity index (χ4n) is 3.45. The van der Waals surface area contributed by atoms with E-state index in [4.69, 9.17) is 10.2 Å². The van der Waals surface area contributed by atoms with Crippen LogP contribution in [0.15, 0.2) is 4.42 Å². The predicted octanol–water partition coefficient (Wildman–Crippen LogP) is 1.06. The standard InChI is InChI=1S/C16H26N4O2/c1-11-12(2)22-15(18-11)10-19-6-8-20(9-7-19)16(21)13-4-3-5-14(13)17/h13-14H,3-10,17H2,1-2H3/t13-,14+/m1/s1. The molecule has 2 aliphatic rings. The molecule has 2 N–H and O–H groups in total. The van der Waals surface area contributed by atoms with Crippen molar-refractivity contribution in [3.05, 3.63) is 17.3 Å². The van der Waals surface area contributed by atoms with Gasteiger partial charge in [-0.25, -0.2) is 4.98 Å². The van der Waals surface area contributed by atoms with Crippen LogP contribution < -0.4 is 5.73 Å². The van der Waals surface area contributed by atoms with Crippen LogP contribution in [0.2, 0.25) is 0 Å². The lowest BCUT2D eigenvalue weighted by Gasteiger charge is -2.36. The summed E-state index contributed by atoms with van der Waals surface area (Å²) in [5.41, 5.74) is 7.01. The maximum Gasteiger partial charge on any atom is 0.227 e. The van der Waals surface area contributed by atoms with E-state index in [9.17, 15) is 4.79 Å². The minimum atomic E-state index is 0.0450. The van der Waals surface area contributed by atoms with Crippen molar-refractivity contribution >= 4 is 5.91 Å². The van der Waals surface area contributed by atoms with Crippen molar-refractivity contribution in [3.63, 3.8) is 0 Å². The van der Waals surface area contributed by atoms with Gasteiger partial charge in [0.15, 0.2) is 0 Å². The molecular formula is C16H26N4O2. The number of nitrogens with two attached hydrogens (primary N) is 1. The second-order valence-electron chi connectivity index (χ2n) is 6.55. The van der Waals surface area contributed by atoms with Crippen LogP contribution in [0.5, 0.6) is 0 Å². The molecule has 0 spiro atoms. The van der Waals surface area contributed by atoms with Crippen molar-refractivity contribution in [1.29, 1.82) is 0 Å². The van der Waals surface area contributed by atoms with Crippen LogP contribution in [-0.2, 0) is 11.3 Å². The van der Waals surface area contributed by atoms with Gasteiger partial charge in [-0.3, -0.25) is 9.69 Å². The van der Waals surface area contributed by atoms with Crippen molar-refractivity contribution in [2.24, 2.45) is 11.7 Å². The van der Waals surface area contributed by atoms with Crippen LogP contribution >= 0.6 is 0 Å². The molecule has 2 fully saturated rings. The van der Waals surface area contributed by atoms with Crippen molar-refractivity contribution in [1.82, 2.24) is 14.8 Å². The van der Waals surface area contributed by atoms with Gasteiger partial charge in [-0.1, -0.05) is 6.42 Å². The third-order valence-electron chi connectivity index (χ3n) is 5.00. The Bertz CT molecular complexity index is 515. The van der Waals surface area contributed by atoms with Gasteiger partial charge >= 0.3 is 0 Å². The van der Waals surface area contributed by atoms with Gasteiger partial charge in [0.2, 0.25) is 11.8 Å². The van der Waals surface area contributed by atoms with E-state index in [1.807, 2.05) is 18.7 Å². The minimum Gasteiger partial charge on any atom is -0.444 e. The second-order valence-corrected chi connectivity index (χ2v) is 6.55. The monoisotopic (exact) mass is 306 g/mol. The van der Waals surface area contributed by atoms with Crippen molar-refractivity contribution in [3.8, 4) is 0 Å². The van der Waals surface area contributed by atoms with Crippen molar-refractivity contribution in [2.75, 3.05) is 26.2 Å². The Labute approximate surface area is 131 Å². The highest BCUT2D eigenvalue weighted by molar-refractivity contribution is 5.80. The summed E-state index contributed by atoms with van der Waals surface area (Å²) in [5.74, 6) is 1.96. The van der Waals surface area contributed by atoms with Crippen LogP contribution in [-0.4, -0.2) is 52.9 Å². The molecule has 2 atom stereocenters. The summed E-state index contributed by atoms with van der Waals surface area (Å²) in [6, 6.07) is 0.0591. The number of amides is 1. The van der Waals surface area contributed by atoms with Gasteiger partial charge in [0, 0.05) is 32.2 Å². The number of piperazine rings is 1. The third-order valence-corrected chi connectivity index (χ3v) is 5.00. The largest absolute Gasteiger partial charge is 0.444 e. The molecule has 1 aliphatic carbocycles. The molecule has 6 nitrogen and oxygen atoms in total. The molecule has 1 aromatic heterocycles. The molecule has 0 bridgehead atoms. The van der Waals surface area contributed by atoms with Crippen LogP contribution in [0.3, 0.4) is 0 Å². The number of nitrogens with zero attached hydrogens (tertiary/aromatic N) is 3. The molecule has 6 heteroatoms. The quantitative estimate of drug-likeness (QED) is 0.904. The molecule has 1 aliphatic heterocycles. The summed E-state index contributed by atoms with van der Waals surface area (Å²) >= 11 is 0. The summed E-state index contributed by atoms with van der Waals surface area (Å²) in [6.45, 7) is 7.92. The molecule has 0 aromatic carbocycles. The number of hydrogen-bond acceptors (Lipinski definition) is 5. The number of carbonyl (C=O) groups excluding carboxylic acids is 1. The van der Waals surface area contributed by atoms with Gasteiger partial charge < -0.3 is 15.1 Å². The van der Waals surface area contributed by atoms with Gasteiger partial charge in [-0.2, -0.15) is 0 Å². The highest BCUT2D eigenvalue weighted by Crippen LogP contribution is 2.26. The molecule has 3 rings (SSSR count). The van der Waals surface area contributed by atoms with Gasteiger partial charge in [-0.05, 0) is 26.7 Å². The van der Waals surface area contributed by atoms with Gasteiger partial charge in [-0.15, -0.1) is 0 Å². The zero-order chi connectivity index (χ0) is 15.7. The molecule has 1 aromatic rings. The number of oxazole rings is 1. The highest BCUT2D eigenvalue weighted by atomic mass is 16.4. The minimum absolute atomic E-state index is 0.0450. The Kier molecular flexibility index (Phi) is 4.49. The summed E-state index contributed by atoms with van der Waals surface area (Å²) in [5, 5.41) is 0. The van der Waals surface area contributed by atoms with Crippen LogP contribution in [0.1, 0.15) is 36.6 Å². The number of hydrogen-bond donors (Lipinski definition) is 1. The van der Waals surface area contributed by atoms with Crippen LogP contribution in [0.25, 0.3) is 0 Å². The fraction of sp³-hybridized carbons (Fsp3) is 0.750.